The molecule has 0 radical (unpaired) electrons. The van der Waals surface area contributed by atoms with Crippen molar-refractivity contribution < 1.29 is 14.9 Å². The molecular weight excluding hydrogens is 262 g/mol. The third kappa shape index (κ3) is 2.84. The molecule has 4 N–H and O–H groups in total. The minimum atomic E-state index is -0.678. The van der Waals surface area contributed by atoms with E-state index in [0.717, 1.165) is 0 Å². The van der Waals surface area contributed by atoms with Gasteiger partial charge in [-0.2, -0.15) is 0 Å². The number of nitrogens with two attached hydrogens (primary N) is 1. The molecule has 0 amide bonds. The maximum Gasteiger partial charge on any atom is 0.137 e. The number of methoxy groups -OCH3 is 1. The molecule has 0 heterocycles. The molecule has 0 aliphatic heterocycles. The van der Waals surface area contributed by atoms with E-state index in [1.807, 2.05) is 0 Å². The topological polar surface area (TPSA) is 75.7 Å². The van der Waals surface area contributed by atoms with E-state index in [1.165, 1.54) is 13.2 Å². The first-order valence-electron chi connectivity index (χ1n) is 4.54. The zero-order chi connectivity index (χ0) is 11.4. The number of hydrogen-bond donors (Lipinski definition) is 3. The molecule has 0 spiro atoms. The predicted molar refractivity (Wildman–Crippen MR) is 61.0 cm³/mol. The highest BCUT2D eigenvalue weighted by Crippen LogP contribution is 2.36. The van der Waals surface area contributed by atoms with Gasteiger partial charge in [0, 0.05) is 0 Å². The first kappa shape index (κ1) is 12.3. The molecule has 0 aliphatic rings. The molecular formula is C10H14BrNO3. The number of ether oxygens (including phenoxy) is 1. The first-order valence-corrected chi connectivity index (χ1v) is 5.34. The quantitative estimate of drug-likeness (QED) is 0.779. The Hall–Kier alpha value is -0.780. The summed E-state index contributed by atoms with van der Waals surface area (Å²) in [6.07, 6.45) is -0.229. The Bertz CT molecular complexity index is 344. The van der Waals surface area contributed by atoms with Gasteiger partial charge >= 0.3 is 0 Å². The first-order chi connectivity index (χ1) is 7.10. The van der Waals surface area contributed by atoms with E-state index < -0.39 is 6.10 Å². The molecule has 1 unspecified atom stereocenters. The Kier molecular flexibility index (Phi) is 4.38. The van der Waals surface area contributed by atoms with E-state index in [2.05, 4.69) is 15.9 Å². The summed E-state index contributed by atoms with van der Waals surface area (Å²) in [6, 6.07) is 3.16. The Morgan fingerprint density at radius 1 is 1.53 bits per heavy atom. The summed E-state index contributed by atoms with van der Waals surface area (Å²) in [5.41, 5.74) is 5.94. The van der Waals surface area contributed by atoms with Gasteiger partial charge < -0.3 is 20.7 Å². The maximum atomic E-state index is 9.69. The van der Waals surface area contributed by atoms with E-state index >= 15 is 0 Å². The normalized spacial score (nSPS) is 12.5. The largest absolute Gasteiger partial charge is 0.507 e. The van der Waals surface area contributed by atoms with Gasteiger partial charge in [-0.05, 0) is 46.6 Å². The van der Waals surface area contributed by atoms with Crippen LogP contribution in [0.5, 0.6) is 11.5 Å². The van der Waals surface area contributed by atoms with Gasteiger partial charge in [-0.1, -0.05) is 0 Å². The lowest BCUT2D eigenvalue weighted by Gasteiger charge is -2.13. The fraction of sp³-hybridized carbons (Fsp3) is 0.400. The van der Waals surface area contributed by atoms with Crippen LogP contribution in [0.1, 0.15) is 18.1 Å². The number of aliphatic hydroxyl groups excluding tert-OH is 1. The van der Waals surface area contributed by atoms with Gasteiger partial charge in [0.2, 0.25) is 0 Å². The van der Waals surface area contributed by atoms with Gasteiger partial charge in [-0.3, -0.25) is 0 Å². The molecule has 1 aromatic rings. The second-order valence-electron chi connectivity index (χ2n) is 3.15. The van der Waals surface area contributed by atoms with Crippen molar-refractivity contribution in [3.63, 3.8) is 0 Å². The van der Waals surface area contributed by atoms with Crippen LogP contribution in [0.15, 0.2) is 16.6 Å². The average molecular weight is 276 g/mol. The number of phenols is 1. The highest BCUT2D eigenvalue weighted by Gasteiger charge is 2.13. The molecule has 4 nitrogen and oxygen atoms in total. The SMILES string of the molecule is COc1cc(C(O)CCN)cc(O)c1Br. The summed E-state index contributed by atoms with van der Waals surface area (Å²) in [6.45, 7) is 0.389. The number of aliphatic hydroxyl groups is 1. The van der Waals surface area contributed by atoms with Crippen molar-refractivity contribution >= 4 is 15.9 Å². The van der Waals surface area contributed by atoms with Gasteiger partial charge in [-0.15, -0.1) is 0 Å². The van der Waals surface area contributed by atoms with Gasteiger partial charge in [0.25, 0.3) is 0 Å². The number of hydrogen-bond acceptors (Lipinski definition) is 4. The molecule has 0 bridgehead atoms. The fourth-order valence-corrected chi connectivity index (χ4v) is 1.66. The van der Waals surface area contributed by atoms with Gasteiger partial charge in [0.15, 0.2) is 0 Å². The number of aromatic hydroxyl groups is 1. The maximum absolute atomic E-state index is 9.69. The highest BCUT2D eigenvalue weighted by molar-refractivity contribution is 9.10. The van der Waals surface area contributed by atoms with Crippen molar-refractivity contribution in [3.8, 4) is 11.5 Å². The number of benzene rings is 1. The van der Waals surface area contributed by atoms with Crippen LogP contribution in [0.2, 0.25) is 0 Å². The average Bonchev–Trinajstić information content (AvgIpc) is 2.22. The van der Waals surface area contributed by atoms with Crippen LogP contribution in [-0.4, -0.2) is 23.9 Å². The summed E-state index contributed by atoms with van der Waals surface area (Å²) >= 11 is 3.18. The lowest BCUT2D eigenvalue weighted by atomic mass is 10.1. The second kappa shape index (κ2) is 5.34. The molecule has 84 valence electrons. The highest BCUT2D eigenvalue weighted by atomic mass is 79.9. The zero-order valence-corrected chi connectivity index (χ0v) is 9.99. The minimum Gasteiger partial charge on any atom is -0.507 e. The molecule has 1 aromatic carbocycles. The van der Waals surface area contributed by atoms with E-state index in [-0.39, 0.29) is 5.75 Å². The van der Waals surface area contributed by atoms with Crippen molar-refractivity contribution in [1.82, 2.24) is 0 Å². The smallest absolute Gasteiger partial charge is 0.137 e. The molecule has 0 saturated carbocycles. The standard InChI is InChI=1S/C10H14BrNO3/c1-15-9-5-6(7(13)2-3-12)4-8(14)10(9)11/h4-5,7,13-14H,2-3,12H2,1H3. The van der Waals surface area contributed by atoms with Crippen molar-refractivity contribution in [2.75, 3.05) is 13.7 Å². The summed E-state index contributed by atoms with van der Waals surface area (Å²) in [5, 5.41) is 19.3. The monoisotopic (exact) mass is 275 g/mol. The molecule has 1 atom stereocenters. The van der Waals surface area contributed by atoms with Crippen molar-refractivity contribution in [2.45, 2.75) is 12.5 Å². The van der Waals surface area contributed by atoms with Crippen molar-refractivity contribution in [2.24, 2.45) is 5.73 Å². The third-order valence-electron chi connectivity index (χ3n) is 2.09. The van der Waals surface area contributed by atoms with Gasteiger partial charge in [0.05, 0.1) is 13.2 Å². The van der Waals surface area contributed by atoms with Crippen LogP contribution < -0.4 is 10.5 Å². The van der Waals surface area contributed by atoms with E-state index in [1.54, 1.807) is 6.07 Å². The number of halogens is 1. The van der Waals surface area contributed by atoms with Crippen LogP contribution in [0.25, 0.3) is 0 Å². The summed E-state index contributed by atoms with van der Waals surface area (Å²) in [5.74, 6) is 0.529. The van der Waals surface area contributed by atoms with Crippen LogP contribution in [0.4, 0.5) is 0 Å². The summed E-state index contributed by atoms with van der Waals surface area (Å²) in [4.78, 5) is 0. The molecule has 15 heavy (non-hydrogen) atoms. The molecule has 1 rings (SSSR count). The van der Waals surface area contributed by atoms with Crippen LogP contribution in [-0.2, 0) is 0 Å². The third-order valence-corrected chi connectivity index (χ3v) is 2.88. The Labute approximate surface area is 96.8 Å². The lowest BCUT2D eigenvalue weighted by molar-refractivity contribution is 0.169. The van der Waals surface area contributed by atoms with Gasteiger partial charge in [0.1, 0.15) is 16.0 Å². The van der Waals surface area contributed by atoms with Crippen molar-refractivity contribution in [1.29, 1.82) is 0 Å². The number of rotatable bonds is 4. The molecule has 0 aliphatic carbocycles. The zero-order valence-electron chi connectivity index (χ0n) is 8.40. The van der Waals surface area contributed by atoms with Crippen LogP contribution >= 0.6 is 15.9 Å². The fourth-order valence-electron chi connectivity index (χ4n) is 1.27. The Balaban J connectivity index is 3.05. The molecule has 0 saturated heterocycles. The molecule has 0 aromatic heterocycles. The second-order valence-corrected chi connectivity index (χ2v) is 3.94. The predicted octanol–water partition coefficient (Wildman–Crippen LogP) is 1.55. The molecule has 0 fully saturated rings. The summed E-state index contributed by atoms with van der Waals surface area (Å²) in [7, 11) is 1.50. The Morgan fingerprint density at radius 2 is 2.20 bits per heavy atom. The minimum absolute atomic E-state index is 0.0421. The van der Waals surface area contributed by atoms with E-state index in [9.17, 15) is 10.2 Å². The van der Waals surface area contributed by atoms with Crippen LogP contribution in [0.3, 0.4) is 0 Å². The molecule has 5 heteroatoms. The van der Waals surface area contributed by atoms with Gasteiger partial charge in [-0.25, -0.2) is 0 Å². The van der Waals surface area contributed by atoms with E-state index in [0.29, 0.717) is 28.8 Å². The van der Waals surface area contributed by atoms with E-state index in [4.69, 9.17) is 10.5 Å². The van der Waals surface area contributed by atoms with Crippen LogP contribution in [0, 0.1) is 0 Å². The Morgan fingerprint density at radius 3 is 2.73 bits per heavy atom. The summed E-state index contributed by atoms with van der Waals surface area (Å²) < 4.78 is 5.53. The lowest BCUT2D eigenvalue weighted by Crippen LogP contribution is -2.06. The van der Waals surface area contributed by atoms with Crippen molar-refractivity contribution in [3.05, 3.63) is 22.2 Å². The number of phenolic OH excluding ortho intramolecular Hbond substituents is 1.